The fourth-order valence-electron chi connectivity index (χ4n) is 3.82. The first kappa shape index (κ1) is 22.7. The number of nitrogens with two attached hydrogens (primary N) is 1. The number of hydrogen-bond acceptors (Lipinski definition) is 4. The fraction of sp³-hybridized carbons (Fsp3) is 0.941. The van der Waals surface area contributed by atoms with Crippen LogP contribution in [-0.4, -0.2) is 62.0 Å². The zero-order valence-corrected chi connectivity index (χ0v) is 17.4. The van der Waals surface area contributed by atoms with Gasteiger partial charge in [0.1, 0.15) is 0 Å². The Kier molecular flexibility index (Phi) is 8.18. The van der Waals surface area contributed by atoms with Gasteiger partial charge in [0.25, 0.3) is 0 Å². The van der Waals surface area contributed by atoms with E-state index in [-0.39, 0.29) is 29.6 Å². The summed E-state index contributed by atoms with van der Waals surface area (Å²) in [6.07, 6.45) is 5.53. The molecular formula is C17H34ClN3O3S. The number of piperidine rings is 1. The van der Waals surface area contributed by atoms with Crippen molar-refractivity contribution in [1.29, 1.82) is 0 Å². The Labute approximate surface area is 159 Å². The molecule has 1 aliphatic heterocycles. The van der Waals surface area contributed by atoms with Crippen LogP contribution >= 0.6 is 12.4 Å². The summed E-state index contributed by atoms with van der Waals surface area (Å²) in [6, 6.07) is 0. The molecule has 0 aromatic rings. The maximum Gasteiger partial charge on any atom is 0.225 e. The molecule has 1 amide bonds. The first-order valence-corrected chi connectivity index (χ1v) is 10.6. The van der Waals surface area contributed by atoms with Gasteiger partial charge in [-0.25, -0.2) is 12.7 Å². The van der Waals surface area contributed by atoms with E-state index in [2.05, 4.69) is 0 Å². The number of amides is 1. The number of hydrogen-bond donors (Lipinski definition) is 1. The van der Waals surface area contributed by atoms with Gasteiger partial charge in [-0.15, -0.1) is 12.4 Å². The molecule has 2 rings (SSSR count). The second-order valence-corrected chi connectivity index (χ2v) is 10.5. The highest BCUT2D eigenvalue weighted by molar-refractivity contribution is 7.89. The number of nitrogens with zero attached hydrogens (tertiary/aromatic N) is 2. The molecule has 6 nitrogen and oxygen atoms in total. The minimum Gasteiger partial charge on any atom is -0.341 e. The van der Waals surface area contributed by atoms with E-state index in [9.17, 15) is 13.2 Å². The van der Waals surface area contributed by atoms with Gasteiger partial charge in [0, 0.05) is 32.6 Å². The minimum atomic E-state index is -3.41. The zero-order chi connectivity index (χ0) is 18.0. The Balaban J connectivity index is 0.00000312. The molecule has 0 aromatic heterocycles. The molecule has 0 bridgehead atoms. The van der Waals surface area contributed by atoms with Gasteiger partial charge in [-0.2, -0.15) is 0 Å². The lowest BCUT2D eigenvalue weighted by Gasteiger charge is -2.37. The van der Waals surface area contributed by atoms with E-state index < -0.39 is 15.3 Å². The molecule has 1 saturated heterocycles. The maximum atomic E-state index is 12.9. The number of rotatable bonds is 6. The first-order valence-electron chi connectivity index (χ1n) is 9.11. The van der Waals surface area contributed by atoms with Crippen molar-refractivity contribution in [3.63, 3.8) is 0 Å². The van der Waals surface area contributed by atoms with Gasteiger partial charge in [0.05, 0.1) is 5.25 Å². The summed E-state index contributed by atoms with van der Waals surface area (Å²) < 4.78 is 27.3. The van der Waals surface area contributed by atoms with Gasteiger partial charge in [0.15, 0.2) is 0 Å². The Morgan fingerprint density at radius 3 is 2.36 bits per heavy atom. The fourth-order valence-corrected chi connectivity index (χ4v) is 5.70. The van der Waals surface area contributed by atoms with Crippen LogP contribution < -0.4 is 5.73 Å². The van der Waals surface area contributed by atoms with Gasteiger partial charge in [-0.3, -0.25) is 4.79 Å². The molecule has 1 unspecified atom stereocenters. The summed E-state index contributed by atoms with van der Waals surface area (Å²) in [5, 5.41) is -0.491. The Bertz CT molecular complexity index is 547. The number of halogens is 1. The molecule has 1 aliphatic carbocycles. The predicted molar refractivity (Wildman–Crippen MR) is 103 cm³/mol. The Morgan fingerprint density at radius 1 is 1.20 bits per heavy atom. The number of sulfonamides is 1. The molecule has 2 N–H and O–H groups in total. The average Bonchev–Trinajstić information content (AvgIpc) is 3.08. The SMILES string of the molecule is CN(CC(C)(C)CN)S(=O)(=O)C1CCCN(C(=O)C2CCCC2)C1.Cl. The highest BCUT2D eigenvalue weighted by Crippen LogP contribution is 2.29. The summed E-state index contributed by atoms with van der Waals surface area (Å²) in [4.78, 5) is 14.4. The van der Waals surface area contributed by atoms with Gasteiger partial charge in [-0.05, 0) is 37.6 Å². The minimum absolute atomic E-state index is 0. The van der Waals surface area contributed by atoms with Crippen molar-refractivity contribution in [2.75, 3.05) is 33.2 Å². The standard InChI is InChI=1S/C17H33N3O3S.ClH/c1-17(2,12-18)13-19(3)24(22,23)15-9-6-10-20(11-15)16(21)14-7-4-5-8-14;/h14-15H,4-13,18H2,1-3H3;1H. The largest absolute Gasteiger partial charge is 0.341 e. The summed E-state index contributed by atoms with van der Waals surface area (Å²) in [6.45, 7) is 5.80. The summed E-state index contributed by atoms with van der Waals surface area (Å²) in [7, 11) is -1.78. The lowest BCUT2D eigenvalue weighted by Crippen LogP contribution is -2.51. The van der Waals surface area contributed by atoms with E-state index in [1.165, 1.54) is 4.31 Å². The molecular weight excluding hydrogens is 362 g/mol. The second-order valence-electron chi connectivity index (χ2n) is 8.20. The average molecular weight is 396 g/mol. The highest BCUT2D eigenvalue weighted by Gasteiger charge is 2.38. The van der Waals surface area contributed by atoms with Crippen molar-refractivity contribution in [2.45, 2.75) is 57.6 Å². The van der Waals surface area contributed by atoms with E-state index in [0.717, 1.165) is 32.1 Å². The number of carbonyl (C=O) groups is 1. The van der Waals surface area contributed by atoms with Crippen molar-refractivity contribution in [3.05, 3.63) is 0 Å². The predicted octanol–water partition coefficient (Wildman–Crippen LogP) is 1.84. The Hall–Kier alpha value is -0.370. The molecule has 8 heteroatoms. The number of likely N-dealkylation sites (tertiary alicyclic amines) is 1. The first-order chi connectivity index (χ1) is 11.2. The van der Waals surface area contributed by atoms with E-state index in [4.69, 9.17) is 5.73 Å². The third-order valence-corrected chi connectivity index (χ3v) is 7.68. The van der Waals surface area contributed by atoms with Crippen LogP contribution in [0.15, 0.2) is 0 Å². The molecule has 1 atom stereocenters. The summed E-state index contributed by atoms with van der Waals surface area (Å²) in [5.41, 5.74) is 5.48. The van der Waals surface area contributed by atoms with Crippen LogP contribution in [0.4, 0.5) is 0 Å². The topological polar surface area (TPSA) is 83.7 Å². The van der Waals surface area contributed by atoms with Gasteiger partial charge in [0.2, 0.25) is 15.9 Å². The van der Waals surface area contributed by atoms with Crippen LogP contribution in [-0.2, 0) is 14.8 Å². The quantitative estimate of drug-likeness (QED) is 0.743. The second kappa shape index (κ2) is 9.02. The van der Waals surface area contributed by atoms with Crippen LogP contribution in [0.25, 0.3) is 0 Å². The van der Waals surface area contributed by atoms with Crippen molar-refractivity contribution < 1.29 is 13.2 Å². The van der Waals surface area contributed by atoms with Crippen molar-refractivity contribution in [3.8, 4) is 0 Å². The van der Waals surface area contributed by atoms with Crippen LogP contribution in [0.2, 0.25) is 0 Å². The van der Waals surface area contributed by atoms with Gasteiger partial charge >= 0.3 is 0 Å². The van der Waals surface area contributed by atoms with Crippen LogP contribution in [0.3, 0.4) is 0 Å². The third-order valence-electron chi connectivity index (χ3n) is 5.45. The number of carbonyl (C=O) groups excluding carboxylic acids is 1. The molecule has 2 aliphatic rings. The van der Waals surface area contributed by atoms with E-state index >= 15 is 0 Å². The molecule has 148 valence electrons. The molecule has 0 radical (unpaired) electrons. The van der Waals surface area contributed by atoms with E-state index in [1.54, 1.807) is 11.9 Å². The smallest absolute Gasteiger partial charge is 0.225 e. The summed E-state index contributed by atoms with van der Waals surface area (Å²) in [5.74, 6) is 0.276. The highest BCUT2D eigenvalue weighted by atomic mass is 35.5. The maximum absolute atomic E-state index is 12.9. The molecule has 1 saturated carbocycles. The molecule has 25 heavy (non-hydrogen) atoms. The van der Waals surface area contributed by atoms with E-state index in [1.807, 2.05) is 13.8 Å². The monoisotopic (exact) mass is 395 g/mol. The lowest BCUT2D eigenvalue weighted by molar-refractivity contribution is -0.136. The molecule has 0 aromatic carbocycles. The Morgan fingerprint density at radius 2 is 1.80 bits per heavy atom. The normalized spacial score (nSPS) is 22.9. The van der Waals surface area contributed by atoms with Crippen LogP contribution in [0.5, 0.6) is 0 Å². The zero-order valence-electron chi connectivity index (χ0n) is 15.7. The lowest BCUT2D eigenvalue weighted by atomic mass is 9.94. The van der Waals surface area contributed by atoms with Gasteiger partial charge < -0.3 is 10.6 Å². The van der Waals surface area contributed by atoms with Crippen molar-refractivity contribution >= 4 is 28.3 Å². The molecule has 0 spiro atoms. The summed E-state index contributed by atoms with van der Waals surface area (Å²) >= 11 is 0. The van der Waals surface area contributed by atoms with Crippen molar-refractivity contribution in [1.82, 2.24) is 9.21 Å². The van der Waals surface area contributed by atoms with Crippen molar-refractivity contribution in [2.24, 2.45) is 17.1 Å². The van der Waals surface area contributed by atoms with Gasteiger partial charge in [-0.1, -0.05) is 26.7 Å². The van der Waals surface area contributed by atoms with Crippen LogP contribution in [0, 0.1) is 11.3 Å². The molecule has 1 heterocycles. The van der Waals surface area contributed by atoms with Crippen LogP contribution in [0.1, 0.15) is 52.4 Å². The molecule has 2 fully saturated rings. The van der Waals surface area contributed by atoms with E-state index in [0.29, 0.717) is 32.6 Å². The third kappa shape index (κ3) is 5.55.